The molecule has 0 aliphatic heterocycles. The van der Waals surface area contributed by atoms with Crippen LogP contribution in [0.3, 0.4) is 0 Å². The van der Waals surface area contributed by atoms with Crippen LogP contribution in [0.15, 0.2) is 0 Å². The molecule has 5 heteroatoms. The van der Waals surface area contributed by atoms with E-state index >= 15 is 0 Å². The van der Waals surface area contributed by atoms with Gasteiger partial charge >= 0.3 is 5.97 Å². The van der Waals surface area contributed by atoms with Crippen LogP contribution in [-0.2, 0) is 8.62 Å². The Morgan fingerprint density at radius 3 is 2.90 bits per heavy atom. The van der Waals surface area contributed by atoms with Crippen molar-refractivity contribution in [3.8, 4) is 0 Å². The highest BCUT2D eigenvalue weighted by atomic mass is 79.9. The molecule has 0 saturated carbocycles. The van der Waals surface area contributed by atoms with E-state index in [1.54, 1.807) is 11.8 Å². The van der Waals surface area contributed by atoms with E-state index in [2.05, 4.69) is 20.1 Å². The minimum absolute atomic E-state index is 0.408. The van der Waals surface area contributed by atoms with E-state index in [4.69, 9.17) is 5.73 Å². The molecular formula is C5H10BrNO2S. The molecule has 2 N–H and O–H groups in total. The zero-order chi connectivity index (χ0) is 7.98. The maximum absolute atomic E-state index is 10.6. The summed E-state index contributed by atoms with van der Waals surface area (Å²) in [6.07, 6.45) is 2.62. The van der Waals surface area contributed by atoms with E-state index in [9.17, 15) is 4.79 Å². The monoisotopic (exact) mass is 227 g/mol. The van der Waals surface area contributed by atoms with Gasteiger partial charge < -0.3 is 9.56 Å². The summed E-state index contributed by atoms with van der Waals surface area (Å²) in [5.74, 6) is 0.470. The van der Waals surface area contributed by atoms with Gasteiger partial charge in [0.1, 0.15) is 6.04 Å². The van der Waals surface area contributed by atoms with E-state index < -0.39 is 12.0 Å². The van der Waals surface area contributed by atoms with Gasteiger partial charge in [0.15, 0.2) is 16.3 Å². The SMILES string of the molecule is CSCC[C@H](N)C(=O)OBr. The summed E-state index contributed by atoms with van der Waals surface area (Å²) >= 11 is 4.23. The first-order valence-corrected chi connectivity index (χ1v) is 4.83. The Balaban J connectivity index is 3.41. The second-order valence-corrected chi connectivity index (χ2v) is 3.09. The second kappa shape index (κ2) is 6.00. The van der Waals surface area contributed by atoms with Crippen LogP contribution in [0.5, 0.6) is 0 Å². The van der Waals surface area contributed by atoms with Crippen molar-refractivity contribution in [2.24, 2.45) is 5.73 Å². The molecule has 0 heterocycles. The highest BCUT2D eigenvalue weighted by molar-refractivity contribution is 9.06. The summed E-state index contributed by atoms with van der Waals surface area (Å²) in [5.41, 5.74) is 5.40. The molecule has 10 heavy (non-hydrogen) atoms. The number of carbonyl (C=O) groups is 1. The lowest BCUT2D eigenvalue weighted by atomic mass is 10.2. The minimum atomic E-state index is -0.494. The molecule has 0 unspecified atom stereocenters. The standard InChI is InChI=1S/C5H10BrNO2S/c1-10-3-2-4(7)5(8)9-6/h4H,2-3,7H2,1H3/t4-/m0/s1. The molecule has 0 aliphatic rings. The lowest BCUT2D eigenvalue weighted by Gasteiger charge is -2.04. The molecule has 0 spiro atoms. The Kier molecular flexibility index (Phi) is 6.16. The molecule has 0 aromatic carbocycles. The Morgan fingerprint density at radius 1 is 1.90 bits per heavy atom. The van der Waals surface area contributed by atoms with Crippen LogP contribution in [-0.4, -0.2) is 24.0 Å². The molecule has 0 radical (unpaired) electrons. The molecule has 0 fully saturated rings. The molecule has 60 valence electrons. The van der Waals surface area contributed by atoms with Crippen LogP contribution in [0, 0.1) is 0 Å². The van der Waals surface area contributed by atoms with Crippen molar-refractivity contribution in [1.82, 2.24) is 0 Å². The third-order valence-corrected chi connectivity index (χ3v) is 1.97. The fourth-order valence-electron chi connectivity index (χ4n) is 0.420. The van der Waals surface area contributed by atoms with Crippen molar-refractivity contribution < 1.29 is 8.62 Å². The number of carbonyl (C=O) groups excluding carboxylic acids is 1. The maximum Gasteiger partial charge on any atom is 0.334 e. The van der Waals surface area contributed by atoms with Crippen LogP contribution in [0.2, 0.25) is 0 Å². The summed E-state index contributed by atoms with van der Waals surface area (Å²) in [7, 11) is 0. The molecular weight excluding hydrogens is 218 g/mol. The topological polar surface area (TPSA) is 52.3 Å². The third-order valence-electron chi connectivity index (χ3n) is 1.01. The predicted molar refractivity (Wildman–Crippen MR) is 46.0 cm³/mol. The highest BCUT2D eigenvalue weighted by Gasteiger charge is 2.12. The maximum atomic E-state index is 10.6. The van der Waals surface area contributed by atoms with E-state index in [0.29, 0.717) is 6.42 Å². The van der Waals surface area contributed by atoms with Crippen LogP contribution < -0.4 is 5.73 Å². The zero-order valence-corrected chi connectivity index (χ0v) is 8.07. The van der Waals surface area contributed by atoms with Crippen LogP contribution >= 0.6 is 28.0 Å². The van der Waals surface area contributed by atoms with Gasteiger partial charge in [-0.3, -0.25) is 0 Å². The Morgan fingerprint density at radius 2 is 2.50 bits per heavy atom. The van der Waals surface area contributed by atoms with Crippen molar-refractivity contribution in [3.05, 3.63) is 0 Å². The third kappa shape index (κ3) is 4.14. The van der Waals surface area contributed by atoms with Gasteiger partial charge in [-0.25, -0.2) is 4.79 Å². The Labute approximate surface area is 73.1 Å². The molecule has 0 rings (SSSR count). The summed E-state index contributed by atoms with van der Waals surface area (Å²) in [5, 5.41) is 0. The largest absolute Gasteiger partial charge is 0.382 e. The summed E-state index contributed by atoms with van der Waals surface area (Å²) in [6, 6.07) is -0.494. The molecule has 0 bridgehead atoms. The Bertz CT molecular complexity index is 112. The second-order valence-electron chi connectivity index (χ2n) is 1.78. The number of hydrogen-bond donors (Lipinski definition) is 1. The van der Waals surface area contributed by atoms with Gasteiger partial charge in [-0.05, 0) is 18.4 Å². The summed E-state index contributed by atoms with van der Waals surface area (Å²) in [6.45, 7) is 0. The van der Waals surface area contributed by atoms with Gasteiger partial charge in [-0.2, -0.15) is 11.8 Å². The van der Waals surface area contributed by atoms with Crippen molar-refractivity contribution >= 4 is 34.0 Å². The lowest BCUT2D eigenvalue weighted by molar-refractivity contribution is -0.133. The summed E-state index contributed by atoms with van der Waals surface area (Å²) in [4.78, 5) is 10.6. The number of nitrogens with two attached hydrogens (primary N) is 1. The van der Waals surface area contributed by atoms with Crippen molar-refractivity contribution in [2.45, 2.75) is 12.5 Å². The number of hydrogen-bond acceptors (Lipinski definition) is 4. The van der Waals surface area contributed by atoms with Gasteiger partial charge in [0.2, 0.25) is 0 Å². The molecule has 0 aliphatic carbocycles. The van der Waals surface area contributed by atoms with Crippen LogP contribution in [0.1, 0.15) is 6.42 Å². The first kappa shape index (κ1) is 10.3. The smallest absolute Gasteiger partial charge is 0.334 e. The number of rotatable bonds is 4. The van der Waals surface area contributed by atoms with Gasteiger partial charge in [-0.1, -0.05) is 0 Å². The Hall–Kier alpha value is 0.260. The molecule has 0 aromatic rings. The minimum Gasteiger partial charge on any atom is -0.382 e. The van der Waals surface area contributed by atoms with Gasteiger partial charge in [0.25, 0.3) is 0 Å². The van der Waals surface area contributed by atoms with Crippen molar-refractivity contribution in [3.63, 3.8) is 0 Å². The highest BCUT2D eigenvalue weighted by Crippen LogP contribution is 2.01. The van der Waals surface area contributed by atoms with Gasteiger partial charge in [0.05, 0.1) is 0 Å². The molecule has 0 amide bonds. The van der Waals surface area contributed by atoms with Gasteiger partial charge in [-0.15, -0.1) is 0 Å². The van der Waals surface area contributed by atoms with E-state index in [1.807, 2.05) is 6.26 Å². The quantitative estimate of drug-likeness (QED) is 0.777. The zero-order valence-electron chi connectivity index (χ0n) is 5.67. The van der Waals surface area contributed by atoms with Crippen LogP contribution in [0.4, 0.5) is 0 Å². The average Bonchev–Trinajstić information content (AvgIpc) is 1.98. The fourth-order valence-corrected chi connectivity index (χ4v) is 1.15. The normalized spacial score (nSPS) is 12.7. The predicted octanol–water partition coefficient (Wildman–Crippen LogP) is 0.920. The van der Waals surface area contributed by atoms with E-state index in [-0.39, 0.29) is 0 Å². The first-order valence-electron chi connectivity index (χ1n) is 2.79. The first-order chi connectivity index (χ1) is 4.72. The lowest BCUT2D eigenvalue weighted by Crippen LogP contribution is -2.30. The fraction of sp³-hybridized carbons (Fsp3) is 0.800. The van der Waals surface area contributed by atoms with E-state index in [0.717, 1.165) is 5.75 Å². The van der Waals surface area contributed by atoms with Crippen LogP contribution in [0.25, 0.3) is 0 Å². The van der Waals surface area contributed by atoms with E-state index in [1.165, 1.54) is 0 Å². The number of halogens is 1. The molecule has 1 atom stereocenters. The van der Waals surface area contributed by atoms with Crippen molar-refractivity contribution in [1.29, 1.82) is 0 Å². The summed E-state index contributed by atoms with van der Waals surface area (Å²) < 4.78 is 4.25. The van der Waals surface area contributed by atoms with Gasteiger partial charge in [0, 0.05) is 0 Å². The molecule has 0 aromatic heterocycles. The average molecular weight is 228 g/mol. The molecule has 0 saturated heterocycles. The molecule has 3 nitrogen and oxygen atoms in total. The number of thioether (sulfide) groups is 1. The van der Waals surface area contributed by atoms with Crippen molar-refractivity contribution in [2.75, 3.05) is 12.0 Å².